The first-order valence-corrected chi connectivity index (χ1v) is 6.85. The summed E-state index contributed by atoms with van der Waals surface area (Å²) in [5, 5.41) is 0. The quantitative estimate of drug-likeness (QED) is 0.474. The molecule has 0 aromatic heterocycles. The van der Waals surface area contributed by atoms with Crippen molar-refractivity contribution in [2.24, 2.45) is 0 Å². The summed E-state index contributed by atoms with van der Waals surface area (Å²) in [5.74, 6) is -0.219. The van der Waals surface area contributed by atoms with Crippen LogP contribution in [0, 0.1) is 0 Å². The van der Waals surface area contributed by atoms with Crippen LogP contribution < -0.4 is 10.9 Å². The van der Waals surface area contributed by atoms with E-state index in [-0.39, 0.29) is 12.0 Å². The Morgan fingerprint density at radius 3 is 2.19 bits per heavy atom. The van der Waals surface area contributed by atoms with Gasteiger partial charge in [0.05, 0.1) is 12.0 Å². The third-order valence-electron chi connectivity index (χ3n) is 2.90. The minimum absolute atomic E-state index is 0.0833. The number of hydrogen-bond acceptors (Lipinski definition) is 4. The molecule has 21 heavy (non-hydrogen) atoms. The minimum atomic E-state index is -0.618. The molecule has 2 amide bonds. The molecule has 116 valence electrons. The number of rotatable bonds is 6. The van der Waals surface area contributed by atoms with Crippen molar-refractivity contribution in [1.82, 2.24) is 10.9 Å². The van der Waals surface area contributed by atoms with E-state index in [4.69, 9.17) is 9.47 Å². The molecule has 1 aliphatic heterocycles. The Labute approximate surface area is 124 Å². The number of carbonyl (C=O) groups is 2. The summed E-state index contributed by atoms with van der Waals surface area (Å²) in [6, 6.07) is 9.56. The molecule has 6 heteroatoms. The van der Waals surface area contributed by atoms with Gasteiger partial charge in [0.25, 0.3) is 0 Å². The van der Waals surface area contributed by atoms with Crippen molar-refractivity contribution in [1.29, 1.82) is 0 Å². The molecule has 1 aliphatic rings. The van der Waals surface area contributed by atoms with Crippen LogP contribution in [0.4, 0.5) is 4.79 Å². The molecule has 2 N–H and O–H groups in total. The molecule has 1 aromatic carbocycles. The van der Waals surface area contributed by atoms with Crippen LogP contribution in [0.25, 0.3) is 0 Å². The monoisotopic (exact) mass is 294 g/mol. The third-order valence-corrected chi connectivity index (χ3v) is 2.90. The van der Waals surface area contributed by atoms with Crippen molar-refractivity contribution in [2.45, 2.75) is 26.2 Å². The zero-order chi connectivity index (χ0) is 15.7. The lowest BCUT2D eigenvalue weighted by molar-refractivity contribution is -0.150. The van der Waals surface area contributed by atoms with E-state index >= 15 is 0 Å². The highest BCUT2D eigenvalue weighted by Gasteiger charge is 2.31. The van der Waals surface area contributed by atoms with Gasteiger partial charge in [-0.25, -0.2) is 15.6 Å². The van der Waals surface area contributed by atoms with E-state index in [9.17, 15) is 9.59 Å². The van der Waals surface area contributed by atoms with Crippen molar-refractivity contribution in [3.63, 3.8) is 0 Å². The van der Waals surface area contributed by atoms with Crippen molar-refractivity contribution in [3.8, 4) is 0 Å². The molecular formula is C15H22N2O4. The van der Waals surface area contributed by atoms with Gasteiger partial charge in [-0.15, -0.1) is 0 Å². The predicted octanol–water partition coefficient (Wildman–Crippen LogP) is 1.76. The largest absolute Gasteiger partial charge is 0.463 e. The summed E-state index contributed by atoms with van der Waals surface area (Å²) in [7, 11) is 0. The topological polar surface area (TPSA) is 96.5 Å². The predicted molar refractivity (Wildman–Crippen MR) is 78.6 cm³/mol. The fourth-order valence-corrected chi connectivity index (χ4v) is 1.52. The highest BCUT2D eigenvalue weighted by molar-refractivity contribution is 5.85. The van der Waals surface area contributed by atoms with E-state index in [1.54, 1.807) is 0 Å². The lowest BCUT2D eigenvalue weighted by atomic mass is 9.85. The maximum absolute atomic E-state index is 12.0. The highest BCUT2D eigenvalue weighted by atomic mass is 16.6. The Balaban J connectivity index is 0.000000471. The molecule has 0 bridgehead atoms. The molecule has 1 fully saturated rings. The number of benzene rings is 1. The maximum Gasteiger partial charge on any atom is 0.352 e. The number of urea groups is 1. The van der Waals surface area contributed by atoms with Gasteiger partial charge in [0.2, 0.25) is 0 Å². The number of carbonyl (C=O) groups excluding carboxylic acids is 2. The zero-order valence-corrected chi connectivity index (χ0v) is 12.6. The van der Waals surface area contributed by atoms with E-state index in [1.807, 2.05) is 51.1 Å². The Bertz CT molecular complexity index is 454. The van der Waals surface area contributed by atoms with Crippen LogP contribution in [0.5, 0.6) is 0 Å². The van der Waals surface area contributed by atoms with E-state index in [0.29, 0.717) is 19.8 Å². The van der Waals surface area contributed by atoms with Gasteiger partial charge >= 0.3 is 12.0 Å². The molecule has 0 unspecified atom stereocenters. The minimum Gasteiger partial charge on any atom is -0.463 e. The Morgan fingerprint density at radius 1 is 1.14 bits per heavy atom. The van der Waals surface area contributed by atoms with E-state index in [1.165, 1.54) is 0 Å². The standard InChI is InChI=1S/C14H20O3.CH2N2O/c1-4-16-10-11-17-13(15)14(2,3)12-8-6-5-7-9-12;4-1-2-3-1/h5-9H,4,10-11H2,1-3H3;(H2,2,3,4). The van der Waals surface area contributed by atoms with E-state index in [0.717, 1.165) is 5.56 Å². The second-order valence-corrected chi connectivity index (χ2v) is 4.90. The van der Waals surface area contributed by atoms with Gasteiger partial charge in [0.15, 0.2) is 0 Å². The lowest BCUT2D eigenvalue weighted by Gasteiger charge is -2.23. The SMILES string of the molecule is CCOCCOC(=O)C(C)(C)c1ccccc1.O=C1NN1. The number of nitrogens with one attached hydrogen (secondary N) is 2. The summed E-state index contributed by atoms with van der Waals surface area (Å²) < 4.78 is 10.3. The summed E-state index contributed by atoms with van der Waals surface area (Å²) in [6.07, 6.45) is 0. The number of esters is 1. The second kappa shape index (κ2) is 8.26. The lowest BCUT2D eigenvalue weighted by Crippen LogP contribution is -2.31. The van der Waals surface area contributed by atoms with Crippen LogP contribution in [0.15, 0.2) is 30.3 Å². The van der Waals surface area contributed by atoms with Gasteiger partial charge in [-0.1, -0.05) is 30.3 Å². The average molecular weight is 294 g/mol. The Morgan fingerprint density at radius 2 is 1.71 bits per heavy atom. The molecule has 1 saturated heterocycles. The van der Waals surface area contributed by atoms with Gasteiger partial charge in [0, 0.05) is 6.61 Å². The first-order chi connectivity index (χ1) is 9.98. The van der Waals surface area contributed by atoms with Crippen LogP contribution in [-0.2, 0) is 19.7 Å². The van der Waals surface area contributed by atoms with Gasteiger partial charge in [-0.3, -0.25) is 4.79 Å². The second-order valence-electron chi connectivity index (χ2n) is 4.90. The van der Waals surface area contributed by atoms with Gasteiger partial charge in [-0.05, 0) is 26.3 Å². The van der Waals surface area contributed by atoms with Crippen molar-refractivity contribution in [2.75, 3.05) is 19.8 Å². The first kappa shape index (κ1) is 17.0. The molecule has 2 rings (SSSR count). The number of ether oxygens (including phenoxy) is 2. The van der Waals surface area contributed by atoms with Gasteiger partial charge in [-0.2, -0.15) is 0 Å². The molecule has 0 spiro atoms. The first-order valence-electron chi connectivity index (χ1n) is 6.85. The normalized spacial score (nSPS) is 12.4. The van der Waals surface area contributed by atoms with Gasteiger partial charge < -0.3 is 9.47 Å². The summed E-state index contributed by atoms with van der Waals surface area (Å²) in [4.78, 5) is 21.3. The molecule has 6 nitrogen and oxygen atoms in total. The summed E-state index contributed by atoms with van der Waals surface area (Å²) in [5.41, 5.74) is 4.76. The Kier molecular flexibility index (Phi) is 6.68. The van der Waals surface area contributed by atoms with Crippen molar-refractivity contribution >= 4 is 12.0 Å². The Hall–Kier alpha value is -2.08. The fourth-order valence-electron chi connectivity index (χ4n) is 1.52. The van der Waals surface area contributed by atoms with Crippen LogP contribution in [0.1, 0.15) is 26.3 Å². The van der Waals surface area contributed by atoms with Crippen LogP contribution >= 0.6 is 0 Å². The molecule has 1 aromatic rings. The average Bonchev–Trinajstić information content (AvgIpc) is 3.27. The molecule has 1 heterocycles. The van der Waals surface area contributed by atoms with Crippen LogP contribution in [0.2, 0.25) is 0 Å². The van der Waals surface area contributed by atoms with E-state index < -0.39 is 5.41 Å². The maximum atomic E-state index is 12.0. The molecule has 0 radical (unpaired) electrons. The fraction of sp³-hybridized carbons (Fsp3) is 0.467. The zero-order valence-electron chi connectivity index (χ0n) is 12.6. The summed E-state index contributed by atoms with van der Waals surface area (Å²) in [6.45, 7) is 7.04. The molecule has 0 atom stereocenters. The smallest absolute Gasteiger partial charge is 0.352 e. The molecule has 0 aliphatic carbocycles. The van der Waals surface area contributed by atoms with Crippen LogP contribution in [-0.4, -0.2) is 31.8 Å². The van der Waals surface area contributed by atoms with Crippen molar-refractivity contribution in [3.05, 3.63) is 35.9 Å². The number of hydrazine groups is 1. The van der Waals surface area contributed by atoms with E-state index in [2.05, 4.69) is 10.9 Å². The van der Waals surface area contributed by atoms with Gasteiger partial charge in [0.1, 0.15) is 6.61 Å². The summed E-state index contributed by atoms with van der Waals surface area (Å²) >= 11 is 0. The van der Waals surface area contributed by atoms with Crippen LogP contribution in [0.3, 0.4) is 0 Å². The third kappa shape index (κ3) is 6.27. The number of hydrogen-bond donors (Lipinski definition) is 2. The number of amides is 2. The highest BCUT2D eigenvalue weighted by Crippen LogP contribution is 2.24. The van der Waals surface area contributed by atoms with Crippen molar-refractivity contribution < 1.29 is 19.1 Å². The molecular weight excluding hydrogens is 272 g/mol. The molecule has 0 saturated carbocycles.